The number of aromatic nitrogens is 1. The van der Waals surface area contributed by atoms with Gasteiger partial charge >= 0.3 is 0 Å². The zero-order valence-corrected chi connectivity index (χ0v) is 18.5. The van der Waals surface area contributed by atoms with Crippen LogP contribution in [0.3, 0.4) is 0 Å². The monoisotopic (exact) mass is 443 g/mol. The molecule has 8 nitrogen and oxygen atoms in total. The summed E-state index contributed by atoms with van der Waals surface area (Å²) in [6, 6.07) is 12.5. The predicted octanol–water partition coefficient (Wildman–Crippen LogP) is 3.21. The van der Waals surface area contributed by atoms with Crippen molar-refractivity contribution in [2.75, 3.05) is 25.0 Å². The van der Waals surface area contributed by atoms with Gasteiger partial charge in [0.2, 0.25) is 15.6 Å². The first-order valence-corrected chi connectivity index (χ1v) is 11.5. The fraction of sp³-hybridized carbons (Fsp3) is 0.273. The summed E-state index contributed by atoms with van der Waals surface area (Å²) in [5, 5.41) is 3.29. The first kappa shape index (κ1) is 22.5. The number of rotatable bonds is 8. The van der Waals surface area contributed by atoms with E-state index in [-0.39, 0.29) is 16.1 Å². The lowest BCUT2D eigenvalue weighted by atomic mass is 10.1. The summed E-state index contributed by atoms with van der Waals surface area (Å²) < 4.78 is 32.7. The molecule has 0 radical (unpaired) electrons. The molecule has 0 unspecified atom stereocenters. The van der Waals surface area contributed by atoms with Gasteiger partial charge in [0.1, 0.15) is 5.75 Å². The number of nitrogens with one attached hydrogen (secondary N) is 2. The maximum atomic E-state index is 13.1. The standard InChI is InChI=1S/C22H25N3O5S/c1-4-25(5-2)31(28,29)15-11-12-20(30-6-3)19(13-15)24-22(27)17-14-21(26)23-18-10-8-7-9-16(17)18/h7-14H,4-6H2,1-3H3,(H,23,26)(H,24,27). The lowest BCUT2D eigenvalue weighted by Crippen LogP contribution is -2.30. The van der Waals surface area contributed by atoms with E-state index in [1.165, 1.54) is 28.6 Å². The Hall–Kier alpha value is -3.17. The molecule has 0 atom stereocenters. The SMILES string of the molecule is CCOc1ccc(S(=O)(=O)N(CC)CC)cc1NC(=O)c1cc(=O)[nH]c2ccccc12. The minimum atomic E-state index is -3.73. The fourth-order valence-electron chi connectivity index (χ4n) is 3.34. The highest BCUT2D eigenvalue weighted by atomic mass is 32.2. The van der Waals surface area contributed by atoms with Gasteiger partial charge in [-0.2, -0.15) is 4.31 Å². The zero-order chi connectivity index (χ0) is 22.6. The smallest absolute Gasteiger partial charge is 0.256 e. The molecule has 3 aromatic rings. The molecule has 0 saturated carbocycles. The third kappa shape index (κ3) is 4.62. The van der Waals surface area contributed by atoms with E-state index in [9.17, 15) is 18.0 Å². The number of anilines is 1. The van der Waals surface area contributed by atoms with Gasteiger partial charge in [0.05, 0.1) is 22.8 Å². The van der Waals surface area contributed by atoms with Crippen molar-refractivity contribution in [1.82, 2.24) is 9.29 Å². The summed E-state index contributed by atoms with van der Waals surface area (Å²) in [5.74, 6) is -0.205. The Morgan fingerprint density at radius 1 is 1.06 bits per heavy atom. The van der Waals surface area contributed by atoms with Crippen LogP contribution in [0.1, 0.15) is 31.1 Å². The third-order valence-corrected chi connectivity index (χ3v) is 6.88. The van der Waals surface area contributed by atoms with Gasteiger partial charge < -0.3 is 15.0 Å². The van der Waals surface area contributed by atoms with E-state index in [1.54, 1.807) is 45.0 Å². The van der Waals surface area contributed by atoms with Gasteiger partial charge in [-0.05, 0) is 31.2 Å². The predicted molar refractivity (Wildman–Crippen MR) is 120 cm³/mol. The van der Waals surface area contributed by atoms with Crippen molar-refractivity contribution >= 4 is 32.5 Å². The van der Waals surface area contributed by atoms with Gasteiger partial charge in [-0.25, -0.2) is 8.42 Å². The average Bonchev–Trinajstić information content (AvgIpc) is 2.75. The largest absolute Gasteiger partial charge is 0.492 e. The topological polar surface area (TPSA) is 109 Å². The number of fused-ring (bicyclic) bond motifs is 1. The third-order valence-electron chi connectivity index (χ3n) is 4.84. The Morgan fingerprint density at radius 3 is 2.45 bits per heavy atom. The van der Waals surface area contributed by atoms with Crippen LogP contribution in [0.25, 0.3) is 10.9 Å². The number of hydrogen-bond acceptors (Lipinski definition) is 5. The summed E-state index contributed by atoms with van der Waals surface area (Å²) in [7, 11) is -3.73. The molecule has 1 heterocycles. The number of pyridine rings is 1. The number of benzene rings is 2. The van der Waals surface area contributed by atoms with Crippen LogP contribution in [-0.4, -0.2) is 43.3 Å². The Balaban J connectivity index is 2.06. The number of sulfonamides is 1. The van der Waals surface area contributed by atoms with Crippen LogP contribution in [0.15, 0.2) is 58.2 Å². The molecule has 0 saturated heterocycles. The molecule has 2 N–H and O–H groups in total. The molecular weight excluding hydrogens is 418 g/mol. The lowest BCUT2D eigenvalue weighted by molar-refractivity contribution is 0.102. The second-order valence-electron chi connectivity index (χ2n) is 6.73. The van der Waals surface area contributed by atoms with Crippen LogP contribution < -0.4 is 15.6 Å². The van der Waals surface area contributed by atoms with Crippen molar-refractivity contribution in [2.24, 2.45) is 0 Å². The number of ether oxygens (including phenoxy) is 1. The number of para-hydroxylation sites is 1. The van der Waals surface area contributed by atoms with Crippen molar-refractivity contribution in [2.45, 2.75) is 25.7 Å². The minimum Gasteiger partial charge on any atom is -0.492 e. The van der Waals surface area contributed by atoms with E-state index in [0.717, 1.165) is 0 Å². The number of amides is 1. The number of hydrogen-bond donors (Lipinski definition) is 2. The van der Waals surface area contributed by atoms with E-state index in [4.69, 9.17) is 4.74 Å². The molecular formula is C22H25N3O5S. The molecule has 0 fully saturated rings. The molecule has 0 aliphatic heterocycles. The van der Waals surface area contributed by atoms with Gasteiger partial charge in [0.15, 0.2) is 0 Å². The van der Waals surface area contributed by atoms with Crippen molar-refractivity contribution in [1.29, 1.82) is 0 Å². The molecule has 9 heteroatoms. The molecule has 0 aliphatic carbocycles. The lowest BCUT2D eigenvalue weighted by Gasteiger charge is -2.20. The maximum Gasteiger partial charge on any atom is 0.256 e. The Morgan fingerprint density at radius 2 is 1.77 bits per heavy atom. The van der Waals surface area contributed by atoms with E-state index in [2.05, 4.69) is 10.3 Å². The first-order chi connectivity index (χ1) is 14.8. The summed E-state index contributed by atoms with van der Waals surface area (Å²) >= 11 is 0. The number of nitrogens with zero attached hydrogens (tertiary/aromatic N) is 1. The second-order valence-corrected chi connectivity index (χ2v) is 8.67. The number of carbonyl (C=O) groups is 1. The van der Waals surface area contributed by atoms with E-state index in [1.807, 2.05) is 0 Å². The molecule has 0 aliphatic rings. The van der Waals surface area contributed by atoms with Crippen molar-refractivity contribution < 1.29 is 17.9 Å². The maximum absolute atomic E-state index is 13.1. The highest BCUT2D eigenvalue weighted by molar-refractivity contribution is 7.89. The summed E-state index contributed by atoms with van der Waals surface area (Å²) in [5.41, 5.74) is 0.512. The summed E-state index contributed by atoms with van der Waals surface area (Å²) in [6.45, 7) is 6.29. The van der Waals surface area contributed by atoms with Crippen LogP contribution in [-0.2, 0) is 10.0 Å². The average molecular weight is 444 g/mol. The quantitative estimate of drug-likeness (QED) is 0.556. The molecule has 3 rings (SSSR count). The Bertz CT molecular complexity index is 1260. The fourth-order valence-corrected chi connectivity index (χ4v) is 4.83. The zero-order valence-electron chi connectivity index (χ0n) is 17.6. The Labute approximate surface area is 180 Å². The van der Waals surface area contributed by atoms with E-state index >= 15 is 0 Å². The van der Waals surface area contributed by atoms with Gasteiger partial charge in [0, 0.05) is 30.1 Å². The molecule has 2 aromatic carbocycles. The molecule has 31 heavy (non-hydrogen) atoms. The summed E-state index contributed by atoms with van der Waals surface area (Å²) in [6.07, 6.45) is 0. The van der Waals surface area contributed by atoms with Crippen LogP contribution in [0.5, 0.6) is 5.75 Å². The van der Waals surface area contributed by atoms with Crippen LogP contribution >= 0.6 is 0 Å². The first-order valence-electron chi connectivity index (χ1n) is 10.0. The van der Waals surface area contributed by atoms with E-state index in [0.29, 0.717) is 36.3 Å². The van der Waals surface area contributed by atoms with Gasteiger partial charge in [-0.15, -0.1) is 0 Å². The molecule has 1 amide bonds. The molecule has 1 aromatic heterocycles. The van der Waals surface area contributed by atoms with Crippen molar-refractivity contribution in [3.05, 3.63) is 64.4 Å². The number of aromatic amines is 1. The van der Waals surface area contributed by atoms with Crippen molar-refractivity contribution in [3.63, 3.8) is 0 Å². The number of H-pyrrole nitrogens is 1. The van der Waals surface area contributed by atoms with Crippen molar-refractivity contribution in [3.8, 4) is 5.75 Å². The highest BCUT2D eigenvalue weighted by Crippen LogP contribution is 2.30. The Kier molecular flexibility index (Phi) is 6.77. The van der Waals surface area contributed by atoms with Gasteiger partial charge in [-0.1, -0.05) is 32.0 Å². The molecule has 0 bridgehead atoms. The van der Waals surface area contributed by atoms with Gasteiger partial charge in [0.25, 0.3) is 5.91 Å². The highest BCUT2D eigenvalue weighted by Gasteiger charge is 2.24. The normalized spacial score (nSPS) is 11.6. The van der Waals surface area contributed by atoms with Crippen LogP contribution in [0.4, 0.5) is 5.69 Å². The van der Waals surface area contributed by atoms with Crippen LogP contribution in [0, 0.1) is 0 Å². The minimum absolute atomic E-state index is 0.0470. The van der Waals surface area contributed by atoms with Crippen LogP contribution in [0.2, 0.25) is 0 Å². The van der Waals surface area contributed by atoms with E-state index < -0.39 is 21.5 Å². The summed E-state index contributed by atoms with van der Waals surface area (Å²) in [4.78, 5) is 27.8. The number of carbonyl (C=O) groups excluding carboxylic acids is 1. The van der Waals surface area contributed by atoms with Gasteiger partial charge in [-0.3, -0.25) is 9.59 Å². The molecule has 0 spiro atoms. The second kappa shape index (κ2) is 9.32. The molecule has 164 valence electrons.